The Kier molecular flexibility index (Phi) is 17.2. The van der Waals surface area contributed by atoms with Gasteiger partial charge in [-0.2, -0.15) is 0 Å². The first-order valence-electron chi connectivity index (χ1n) is 8.98. The Labute approximate surface area is 157 Å². The monoisotopic (exact) mass is 399 g/mol. The molecule has 2 unspecified atom stereocenters. The Balaban J connectivity index is 4.35. The van der Waals surface area contributed by atoms with Crippen molar-refractivity contribution in [3.8, 4) is 0 Å². The molecule has 0 amide bonds. The van der Waals surface area contributed by atoms with Gasteiger partial charge >= 0.3 is 0 Å². The molecule has 2 N–H and O–H groups in total. The predicted molar refractivity (Wildman–Crippen MR) is 109 cm³/mol. The first-order valence-corrected chi connectivity index (χ1v) is 11.8. The van der Waals surface area contributed by atoms with Gasteiger partial charge < -0.3 is 29.4 Å². The fourth-order valence-corrected chi connectivity index (χ4v) is 5.26. The van der Waals surface area contributed by atoms with Crippen LogP contribution in [-0.4, -0.2) is 84.4 Å². The standard InChI is InChI=1S/C17H39NO5P2/c1-6-9-23-17(14-18,7-10-24-12-15(19-2)20-3)8-11-25-13-16(21-4)22-5/h15-16,24-25H,6-14,18H2,1-5H3. The molecule has 0 aliphatic rings. The van der Waals surface area contributed by atoms with Crippen LogP contribution in [0.5, 0.6) is 0 Å². The maximum atomic E-state index is 6.21. The van der Waals surface area contributed by atoms with Gasteiger partial charge in [-0.05, 0) is 31.6 Å². The second-order valence-corrected chi connectivity index (χ2v) is 8.76. The Morgan fingerprint density at radius 2 is 1.28 bits per heavy atom. The van der Waals surface area contributed by atoms with Gasteiger partial charge in [0.25, 0.3) is 0 Å². The maximum Gasteiger partial charge on any atom is 0.160 e. The van der Waals surface area contributed by atoms with Gasteiger partial charge in [-0.1, -0.05) is 6.92 Å². The van der Waals surface area contributed by atoms with Crippen molar-refractivity contribution in [1.29, 1.82) is 0 Å². The molecule has 0 aromatic rings. The Morgan fingerprint density at radius 1 is 0.840 bits per heavy atom. The zero-order valence-corrected chi connectivity index (χ0v) is 18.6. The summed E-state index contributed by atoms with van der Waals surface area (Å²) in [4.78, 5) is 0. The molecule has 0 spiro atoms. The van der Waals surface area contributed by atoms with Crippen LogP contribution in [0.3, 0.4) is 0 Å². The van der Waals surface area contributed by atoms with Crippen molar-refractivity contribution in [2.45, 2.75) is 44.4 Å². The normalized spacial score (nSPS) is 15.4. The van der Waals surface area contributed by atoms with E-state index in [0.717, 1.165) is 67.7 Å². The molecular formula is C17H39NO5P2. The molecule has 0 heterocycles. The lowest BCUT2D eigenvalue weighted by Crippen LogP contribution is -2.42. The second kappa shape index (κ2) is 16.8. The summed E-state index contributed by atoms with van der Waals surface area (Å²) in [6.45, 7) is 3.47. The fraction of sp³-hybridized carbons (Fsp3) is 1.00. The average molecular weight is 399 g/mol. The van der Waals surface area contributed by atoms with Gasteiger partial charge in [0, 0.05) is 53.9 Å². The van der Waals surface area contributed by atoms with Crippen molar-refractivity contribution in [2.24, 2.45) is 5.73 Å². The Morgan fingerprint density at radius 3 is 1.60 bits per heavy atom. The van der Waals surface area contributed by atoms with Crippen molar-refractivity contribution >= 4 is 17.2 Å². The van der Waals surface area contributed by atoms with E-state index in [1.54, 1.807) is 28.4 Å². The maximum absolute atomic E-state index is 6.21. The third kappa shape index (κ3) is 11.8. The van der Waals surface area contributed by atoms with Crippen LogP contribution in [0, 0.1) is 0 Å². The minimum absolute atomic E-state index is 0.108. The molecular weight excluding hydrogens is 360 g/mol. The van der Waals surface area contributed by atoms with Gasteiger partial charge in [-0.3, -0.25) is 0 Å². The fourth-order valence-electron chi connectivity index (χ4n) is 2.45. The number of hydrogen-bond donors (Lipinski definition) is 1. The molecule has 0 aliphatic carbocycles. The van der Waals surface area contributed by atoms with Crippen LogP contribution in [0.4, 0.5) is 0 Å². The van der Waals surface area contributed by atoms with E-state index < -0.39 is 0 Å². The Bertz CT molecular complexity index is 272. The number of hydrogen-bond acceptors (Lipinski definition) is 6. The highest BCUT2D eigenvalue weighted by Gasteiger charge is 2.28. The molecule has 0 bridgehead atoms. The molecule has 152 valence electrons. The highest BCUT2D eigenvalue weighted by molar-refractivity contribution is 7.38. The second-order valence-electron chi connectivity index (χ2n) is 5.95. The van der Waals surface area contributed by atoms with Crippen LogP contribution in [0.15, 0.2) is 0 Å². The van der Waals surface area contributed by atoms with E-state index in [0.29, 0.717) is 6.54 Å². The molecule has 0 aromatic heterocycles. The summed E-state index contributed by atoms with van der Waals surface area (Å²) in [5.74, 6) is 0. The van der Waals surface area contributed by atoms with Crippen LogP contribution < -0.4 is 5.73 Å². The number of nitrogens with two attached hydrogens (primary N) is 1. The lowest BCUT2D eigenvalue weighted by atomic mass is 9.97. The van der Waals surface area contributed by atoms with E-state index in [1.165, 1.54) is 0 Å². The SMILES string of the molecule is CCCOC(CN)(CCPCC(OC)OC)CCPCC(OC)OC. The summed E-state index contributed by atoms with van der Waals surface area (Å²) in [5, 5.41) is 0. The van der Waals surface area contributed by atoms with Gasteiger partial charge in [0.1, 0.15) is 0 Å². The zero-order chi connectivity index (χ0) is 19.0. The molecule has 6 nitrogen and oxygen atoms in total. The number of methoxy groups -OCH3 is 4. The minimum Gasteiger partial charge on any atom is -0.374 e. The van der Waals surface area contributed by atoms with Gasteiger partial charge in [0.15, 0.2) is 12.6 Å². The van der Waals surface area contributed by atoms with Crippen molar-refractivity contribution < 1.29 is 23.7 Å². The topological polar surface area (TPSA) is 72.2 Å². The van der Waals surface area contributed by atoms with Gasteiger partial charge in [0.05, 0.1) is 5.60 Å². The lowest BCUT2D eigenvalue weighted by molar-refractivity contribution is -0.0848. The van der Waals surface area contributed by atoms with E-state index in [1.807, 2.05) is 0 Å². The summed E-state index contributed by atoms with van der Waals surface area (Å²) in [6, 6.07) is 0. The van der Waals surface area contributed by atoms with Crippen LogP contribution in [0.2, 0.25) is 0 Å². The molecule has 25 heavy (non-hydrogen) atoms. The minimum atomic E-state index is -0.207. The summed E-state index contributed by atoms with van der Waals surface area (Å²) >= 11 is 0. The third-order valence-corrected chi connectivity index (χ3v) is 6.62. The first-order chi connectivity index (χ1) is 12.1. The van der Waals surface area contributed by atoms with Crippen LogP contribution in [0.25, 0.3) is 0 Å². The van der Waals surface area contributed by atoms with Crippen molar-refractivity contribution in [1.82, 2.24) is 0 Å². The van der Waals surface area contributed by atoms with Crippen molar-refractivity contribution in [2.75, 3.05) is 66.2 Å². The average Bonchev–Trinajstić information content (AvgIpc) is 2.65. The van der Waals surface area contributed by atoms with Gasteiger partial charge in [-0.15, -0.1) is 17.2 Å². The molecule has 0 fully saturated rings. The summed E-state index contributed by atoms with van der Waals surface area (Å²) in [7, 11) is 8.30. The molecule has 8 heteroatoms. The molecule has 0 rings (SSSR count). The first kappa shape index (κ1) is 25.6. The quantitative estimate of drug-likeness (QED) is 0.217. The highest BCUT2D eigenvalue weighted by Crippen LogP contribution is 2.29. The molecule has 0 saturated heterocycles. The molecule has 0 radical (unpaired) electrons. The summed E-state index contributed by atoms with van der Waals surface area (Å²) in [6.07, 6.45) is 6.80. The van der Waals surface area contributed by atoms with E-state index >= 15 is 0 Å². The van der Waals surface area contributed by atoms with Crippen LogP contribution >= 0.6 is 17.2 Å². The van der Waals surface area contributed by atoms with Crippen molar-refractivity contribution in [3.63, 3.8) is 0 Å². The molecule has 2 atom stereocenters. The van der Waals surface area contributed by atoms with Gasteiger partial charge in [0.2, 0.25) is 0 Å². The predicted octanol–water partition coefficient (Wildman–Crippen LogP) is 2.49. The molecule has 0 saturated carbocycles. The number of ether oxygens (including phenoxy) is 5. The molecule has 0 aromatic carbocycles. The highest BCUT2D eigenvalue weighted by atomic mass is 31.1. The van der Waals surface area contributed by atoms with Gasteiger partial charge in [-0.25, -0.2) is 0 Å². The van der Waals surface area contributed by atoms with E-state index in [4.69, 9.17) is 29.4 Å². The molecule has 0 aliphatic heterocycles. The van der Waals surface area contributed by atoms with E-state index in [2.05, 4.69) is 6.92 Å². The Hall–Kier alpha value is 0.620. The summed E-state index contributed by atoms with van der Waals surface area (Å²) < 4.78 is 27.2. The zero-order valence-electron chi connectivity index (χ0n) is 16.6. The summed E-state index contributed by atoms with van der Waals surface area (Å²) in [5.41, 5.74) is 5.91. The van der Waals surface area contributed by atoms with E-state index in [-0.39, 0.29) is 18.2 Å². The smallest absolute Gasteiger partial charge is 0.160 e. The largest absolute Gasteiger partial charge is 0.374 e. The third-order valence-electron chi connectivity index (χ3n) is 4.17. The van der Waals surface area contributed by atoms with E-state index in [9.17, 15) is 0 Å². The van der Waals surface area contributed by atoms with Crippen LogP contribution in [-0.2, 0) is 23.7 Å². The number of rotatable bonds is 18. The lowest BCUT2D eigenvalue weighted by Gasteiger charge is -2.33. The van der Waals surface area contributed by atoms with Crippen LogP contribution in [0.1, 0.15) is 26.2 Å². The van der Waals surface area contributed by atoms with Crippen molar-refractivity contribution in [3.05, 3.63) is 0 Å².